The molecule has 0 unspecified atom stereocenters. The summed E-state index contributed by atoms with van der Waals surface area (Å²) >= 11 is 0. The van der Waals surface area contributed by atoms with E-state index in [1.54, 1.807) is 25.3 Å². The van der Waals surface area contributed by atoms with Crippen LogP contribution in [0.15, 0.2) is 18.2 Å². The normalized spacial score (nSPS) is 21.3. The number of carbonyl (C=O) groups excluding carboxylic acids is 3. The molecule has 0 aromatic heterocycles. The van der Waals surface area contributed by atoms with Crippen molar-refractivity contribution in [2.24, 2.45) is 11.8 Å². The van der Waals surface area contributed by atoms with E-state index < -0.39 is 0 Å². The highest BCUT2D eigenvalue weighted by Gasteiger charge is 2.38. The molecule has 2 N–H and O–H groups in total. The second-order valence-electron chi connectivity index (χ2n) is 8.25. The summed E-state index contributed by atoms with van der Waals surface area (Å²) in [6, 6.07) is 5.31. The topological polar surface area (TPSA) is 87.7 Å². The number of nitrogens with one attached hydrogen (secondary N) is 2. The molecule has 3 rings (SSSR count). The molecular formula is C23H33N3O4. The smallest absolute Gasteiger partial charge is 0.251 e. The lowest BCUT2D eigenvalue weighted by atomic mass is 9.77. The van der Waals surface area contributed by atoms with Gasteiger partial charge in [-0.3, -0.25) is 14.4 Å². The molecule has 30 heavy (non-hydrogen) atoms. The molecule has 0 spiro atoms. The SMILES string of the molecule is COCCNC(=O)c1cccc(NC(=O)[C@H]2CCCC[C@H]2C(=O)N2CCCC2)c1C. The van der Waals surface area contributed by atoms with Gasteiger partial charge in [-0.1, -0.05) is 18.9 Å². The van der Waals surface area contributed by atoms with Gasteiger partial charge < -0.3 is 20.3 Å². The summed E-state index contributed by atoms with van der Waals surface area (Å²) in [5.74, 6) is -0.730. The molecule has 1 aliphatic heterocycles. The van der Waals surface area contributed by atoms with E-state index in [1.807, 2.05) is 11.8 Å². The minimum absolute atomic E-state index is 0.118. The van der Waals surface area contributed by atoms with E-state index in [2.05, 4.69) is 10.6 Å². The van der Waals surface area contributed by atoms with E-state index >= 15 is 0 Å². The monoisotopic (exact) mass is 415 g/mol. The predicted octanol–water partition coefficient (Wildman–Crippen LogP) is 2.74. The van der Waals surface area contributed by atoms with Crippen molar-refractivity contribution in [1.29, 1.82) is 0 Å². The minimum atomic E-state index is -0.314. The van der Waals surface area contributed by atoms with Crippen LogP contribution in [0.4, 0.5) is 5.69 Å². The molecule has 2 fully saturated rings. The second-order valence-corrected chi connectivity index (χ2v) is 8.25. The van der Waals surface area contributed by atoms with Crippen LogP contribution < -0.4 is 10.6 Å². The van der Waals surface area contributed by atoms with Gasteiger partial charge in [0, 0.05) is 49.8 Å². The fraction of sp³-hybridized carbons (Fsp3) is 0.609. The largest absolute Gasteiger partial charge is 0.383 e. The predicted molar refractivity (Wildman–Crippen MR) is 115 cm³/mol. The zero-order valence-corrected chi connectivity index (χ0v) is 18.0. The number of amides is 3. The van der Waals surface area contributed by atoms with E-state index in [-0.39, 0.29) is 29.6 Å². The molecular weight excluding hydrogens is 382 g/mol. The number of hydrogen-bond donors (Lipinski definition) is 2. The summed E-state index contributed by atoms with van der Waals surface area (Å²) in [7, 11) is 1.58. The highest BCUT2D eigenvalue weighted by atomic mass is 16.5. The van der Waals surface area contributed by atoms with Gasteiger partial charge in [0.2, 0.25) is 11.8 Å². The Morgan fingerprint density at radius 2 is 1.77 bits per heavy atom. The molecule has 1 saturated heterocycles. The van der Waals surface area contributed by atoms with Crippen LogP contribution in [0.5, 0.6) is 0 Å². The lowest BCUT2D eigenvalue weighted by molar-refractivity contribution is -0.141. The highest BCUT2D eigenvalue weighted by molar-refractivity contribution is 6.00. The van der Waals surface area contributed by atoms with Gasteiger partial charge in [-0.25, -0.2) is 0 Å². The highest BCUT2D eigenvalue weighted by Crippen LogP contribution is 2.33. The van der Waals surface area contributed by atoms with E-state index in [9.17, 15) is 14.4 Å². The standard InChI is InChI=1S/C23H33N3O4/c1-16-17(21(27)24-12-15-30-2)10-7-11-20(16)25-22(28)18-8-3-4-9-19(18)23(29)26-13-5-6-14-26/h7,10-11,18-19H,3-6,8-9,12-15H2,1-2H3,(H,24,27)(H,25,28)/t18-,19+/m0/s1. The maximum absolute atomic E-state index is 13.1. The molecule has 1 aromatic rings. The van der Waals surface area contributed by atoms with Gasteiger partial charge in [-0.15, -0.1) is 0 Å². The number of rotatable bonds is 7. The first kappa shape index (κ1) is 22.3. The zero-order chi connectivity index (χ0) is 21.5. The molecule has 2 atom stereocenters. The Labute approximate surface area is 178 Å². The van der Waals surface area contributed by atoms with Crippen molar-refractivity contribution < 1.29 is 19.1 Å². The molecule has 164 valence electrons. The maximum Gasteiger partial charge on any atom is 0.251 e. The summed E-state index contributed by atoms with van der Waals surface area (Å²) in [5.41, 5.74) is 1.87. The number of nitrogens with zero attached hydrogens (tertiary/aromatic N) is 1. The Balaban J connectivity index is 1.70. The van der Waals surface area contributed by atoms with Crippen LogP contribution in [0.2, 0.25) is 0 Å². The van der Waals surface area contributed by atoms with Gasteiger partial charge in [-0.05, 0) is 50.3 Å². The van der Waals surface area contributed by atoms with Crippen LogP contribution in [-0.2, 0) is 14.3 Å². The Kier molecular flexibility index (Phi) is 7.85. The molecule has 1 aromatic carbocycles. The van der Waals surface area contributed by atoms with E-state index in [0.29, 0.717) is 24.4 Å². The Morgan fingerprint density at radius 1 is 1.07 bits per heavy atom. The third-order valence-electron chi connectivity index (χ3n) is 6.27. The fourth-order valence-corrected chi connectivity index (χ4v) is 4.52. The number of benzene rings is 1. The molecule has 7 heteroatoms. The minimum Gasteiger partial charge on any atom is -0.383 e. The summed E-state index contributed by atoms with van der Waals surface area (Å²) in [5, 5.41) is 5.81. The van der Waals surface area contributed by atoms with Crippen molar-refractivity contribution in [2.45, 2.75) is 45.4 Å². The van der Waals surface area contributed by atoms with Gasteiger partial charge in [-0.2, -0.15) is 0 Å². The van der Waals surface area contributed by atoms with Crippen molar-refractivity contribution in [1.82, 2.24) is 10.2 Å². The van der Waals surface area contributed by atoms with Gasteiger partial charge in [0.15, 0.2) is 0 Å². The third kappa shape index (κ3) is 5.19. The van der Waals surface area contributed by atoms with Gasteiger partial charge in [0.05, 0.1) is 6.61 Å². The second kappa shape index (κ2) is 10.6. The van der Waals surface area contributed by atoms with Crippen molar-refractivity contribution in [3.05, 3.63) is 29.3 Å². The van der Waals surface area contributed by atoms with Crippen LogP contribution >= 0.6 is 0 Å². The number of anilines is 1. The molecule has 1 saturated carbocycles. The molecule has 1 heterocycles. The average Bonchev–Trinajstić information content (AvgIpc) is 3.29. The number of hydrogen-bond acceptors (Lipinski definition) is 4. The molecule has 7 nitrogen and oxygen atoms in total. The number of likely N-dealkylation sites (tertiary alicyclic amines) is 1. The van der Waals surface area contributed by atoms with E-state index in [0.717, 1.165) is 57.2 Å². The first-order chi connectivity index (χ1) is 14.5. The first-order valence-corrected chi connectivity index (χ1v) is 11.0. The lowest BCUT2D eigenvalue weighted by Crippen LogP contribution is -2.42. The lowest BCUT2D eigenvalue weighted by Gasteiger charge is -2.32. The van der Waals surface area contributed by atoms with Crippen molar-refractivity contribution in [3.63, 3.8) is 0 Å². The number of ether oxygens (including phenoxy) is 1. The summed E-state index contributed by atoms with van der Waals surface area (Å²) < 4.78 is 4.97. The Hall–Kier alpha value is -2.41. The molecule has 0 bridgehead atoms. The van der Waals surface area contributed by atoms with Crippen LogP contribution in [0, 0.1) is 18.8 Å². The van der Waals surface area contributed by atoms with Crippen LogP contribution in [0.3, 0.4) is 0 Å². The molecule has 0 radical (unpaired) electrons. The number of methoxy groups -OCH3 is 1. The third-order valence-corrected chi connectivity index (χ3v) is 6.27. The first-order valence-electron chi connectivity index (χ1n) is 11.0. The average molecular weight is 416 g/mol. The van der Waals surface area contributed by atoms with Gasteiger partial charge in [0.1, 0.15) is 0 Å². The van der Waals surface area contributed by atoms with Crippen LogP contribution in [0.1, 0.15) is 54.4 Å². The number of carbonyl (C=O) groups is 3. The zero-order valence-electron chi connectivity index (χ0n) is 18.0. The van der Waals surface area contributed by atoms with E-state index in [1.165, 1.54) is 0 Å². The van der Waals surface area contributed by atoms with Crippen LogP contribution in [-0.4, -0.2) is 56.0 Å². The Bertz CT molecular complexity index is 774. The molecule has 3 amide bonds. The van der Waals surface area contributed by atoms with Gasteiger partial charge >= 0.3 is 0 Å². The van der Waals surface area contributed by atoms with Gasteiger partial charge in [0.25, 0.3) is 5.91 Å². The van der Waals surface area contributed by atoms with Crippen molar-refractivity contribution in [3.8, 4) is 0 Å². The molecule has 1 aliphatic carbocycles. The van der Waals surface area contributed by atoms with E-state index in [4.69, 9.17) is 4.74 Å². The van der Waals surface area contributed by atoms with Crippen molar-refractivity contribution >= 4 is 23.4 Å². The fourth-order valence-electron chi connectivity index (χ4n) is 4.52. The summed E-state index contributed by atoms with van der Waals surface area (Å²) in [4.78, 5) is 40.5. The Morgan fingerprint density at radius 3 is 2.47 bits per heavy atom. The summed E-state index contributed by atoms with van der Waals surface area (Å²) in [6.07, 6.45) is 5.55. The van der Waals surface area contributed by atoms with Crippen molar-refractivity contribution in [2.75, 3.05) is 38.7 Å². The molecule has 2 aliphatic rings. The van der Waals surface area contributed by atoms with Crippen LogP contribution in [0.25, 0.3) is 0 Å². The quantitative estimate of drug-likeness (QED) is 0.671. The summed E-state index contributed by atoms with van der Waals surface area (Å²) in [6.45, 7) is 4.31. The maximum atomic E-state index is 13.1.